The molecule has 2 aromatic carbocycles. The molecule has 4 rings (SSSR count). The van der Waals surface area contributed by atoms with Crippen LogP contribution in [-0.4, -0.2) is 33.5 Å². The lowest BCUT2D eigenvalue weighted by atomic mass is 10.2. The number of aromatic nitrogens is 3. The number of hydrogen-bond acceptors (Lipinski definition) is 6. The smallest absolute Gasteiger partial charge is 0.237 e. The summed E-state index contributed by atoms with van der Waals surface area (Å²) in [7, 11) is 1.60. The number of benzene rings is 2. The number of amides is 1. The van der Waals surface area contributed by atoms with Gasteiger partial charge in [0.2, 0.25) is 5.91 Å². The Kier molecular flexibility index (Phi) is 6.63. The third-order valence-electron chi connectivity index (χ3n) is 4.53. The summed E-state index contributed by atoms with van der Waals surface area (Å²) in [6, 6.07) is 17.7. The molecule has 2 heterocycles. The predicted molar refractivity (Wildman–Crippen MR) is 121 cm³/mol. The van der Waals surface area contributed by atoms with Gasteiger partial charge in [-0.1, -0.05) is 30.0 Å². The number of nitrogens with zero attached hydrogens (tertiary/aromatic N) is 4. The van der Waals surface area contributed by atoms with Crippen molar-refractivity contribution in [3.8, 4) is 11.4 Å². The summed E-state index contributed by atoms with van der Waals surface area (Å²) in [6.45, 7) is 0.462. The predicted octanol–water partition coefficient (Wildman–Crippen LogP) is 4.80. The molecule has 0 spiro atoms. The number of hydrogen-bond donors (Lipinski definition) is 0. The molecule has 0 saturated carbocycles. The van der Waals surface area contributed by atoms with Gasteiger partial charge in [-0.3, -0.25) is 9.36 Å². The zero-order chi connectivity index (χ0) is 21.6. The molecule has 6 nitrogen and oxygen atoms in total. The van der Waals surface area contributed by atoms with Gasteiger partial charge in [-0.2, -0.15) is 0 Å². The average Bonchev–Trinajstić information content (AvgIpc) is 3.48. The van der Waals surface area contributed by atoms with Gasteiger partial charge < -0.3 is 9.64 Å². The van der Waals surface area contributed by atoms with E-state index in [1.54, 1.807) is 46.1 Å². The average molecular weight is 455 g/mol. The fraction of sp³-hybridized carbons (Fsp3) is 0.136. The molecule has 0 aliphatic heterocycles. The van der Waals surface area contributed by atoms with Crippen LogP contribution in [0.2, 0.25) is 0 Å². The number of carbonyl (C=O) groups is 1. The Morgan fingerprint density at radius 2 is 1.97 bits per heavy atom. The third-order valence-corrected chi connectivity index (χ3v) is 6.32. The molecule has 0 bridgehead atoms. The number of carbonyl (C=O) groups excluding carboxylic acids is 1. The standard InChI is InChI=1S/C22H19FN4O2S2/c1-29-17-10-8-16(9-11-17)26(13-18-5-4-12-30-18)21(28)14-31-22-25-24-15-27(22)20-7-3-2-6-19(20)23/h2-12,15H,13-14H2,1H3. The van der Waals surface area contributed by atoms with Gasteiger partial charge in [0.15, 0.2) is 5.16 Å². The maximum atomic E-state index is 14.2. The van der Waals surface area contributed by atoms with Crippen molar-refractivity contribution in [2.75, 3.05) is 17.8 Å². The van der Waals surface area contributed by atoms with E-state index in [2.05, 4.69) is 10.2 Å². The molecule has 0 atom stereocenters. The van der Waals surface area contributed by atoms with E-state index in [9.17, 15) is 9.18 Å². The summed E-state index contributed by atoms with van der Waals surface area (Å²) in [4.78, 5) is 16.0. The zero-order valence-corrected chi connectivity index (χ0v) is 18.3. The summed E-state index contributed by atoms with van der Waals surface area (Å²) >= 11 is 2.81. The van der Waals surface area contributed by atoms with Crippen LogP contribution in [0, 0.1) is 5.82 Å². The van der Waals surface area contributed by atoms with Crippen LogP contribution >= 0.6 is 23.1 Å². The first-order valence-corrected chi connectivity index (χ1v) is 11.3. The first-order valence-electron chi connectivity index (χ1n) is 9.40. The number of para-hydroxylation sites is 1. The van der Waals surface area contributed by atoms with Crippen molar-refractivity contribution < 1.29 is 13.9 Å². The number of ether oxygens (including phenoxy) is 1. The van der Waals surface area contributed by atoms with Crippen LogP contribution in [0.4, 0.5) is 10.1 Å². The number of anilines is 1. The highest BCUT2D eigenvalue weighted by Gasteiger charge is 2.19. The maximum Gasteiger partial charge on any atom is 0.237 e. The topological polar surface area (TPSA) is 60.2 Å². The Labute approximate surface area is 187 Å². The van der Waals surface area contributed by atoms with Gasteiger partial charge in [-0.05, 0) is 47.8 Å². The summed E-state index contributed by atoms with van der Waals surface area (Å²) in [5.41, 5.74) is 1.11. The molecule has 0 unspecified atom stereocenters. The molecule has 0 aliphatic rings. The molecule has 0 saturated heterocycles. The van der Waals surface area contributed by atoms with E-state index in [0.717, 1.165) is 16.3 Å². The first kappa shape index (κ1) is 21.1. The van der Waals surface area contributed by atoms with E-state index in [0.29, 0.717) is 17.4 Å². The summed E-state index contributed by atoms with van der Waals surface area (Å²) in [5, 5.41) is 10.4. The number of halogens is 1. The normalized spacial score (nSPS) is 10.8. The molecule has 31 heavy (non-hydrogen) atoms. The van der Waals surface area contributed by atoms with Gasteiger partial charge in [-0.15, -0.1) is 21.5 Å². The summed E-state index contributed by atoms with van der Waals surface area (Å²) in [5.74, 6) is 0.379. The second-order valence-corrected chi connectivity index (χ2v) is 8.46. The number of thiophene rings is 1. The Bertz CT molecular complexity index is 1150. The maximum absolute atomic E-state index is 14.2. The van der Waals surface area contributed by atoms with E-state index in [4.69, 9.17) is 4.74 Å². The molecule has 0 radical (unpaired) electrons. The van der Waals surface area contributed by atoms with Crippen molar-refractivity contribution >= 4 is 34.7 Å². The highest BCUT2D eigenvalue weighted by molar-refractivity contribution is 7.99. The summed E-state index contributed by atoms with van der Waals surface area (Å²) in [6.07, 6.45) is 1.44. The lowest BCUT2D eigenvalue weighted by molar-refractivity contribution is -0.116. The van der Waals surface area contributed by atoms with E-state index >= 15 is 0 Å². The molecule has 0 N–H and O–H groups in total. The molecular weight excluding hydrogens is 435 g/mol. The largest absolute Gasteiger partial charge is 0.497 e. The van der Waals surface area contributed by atoms with Crippen molar-refractivity contribution in [2.45, 2.75) is 11.7 Å². The van der Waals surface area contributed by atoms with Gasteiger partial charge >= 0.3 is 0 Å². The molecule has 9 heteroatoms. The zero-order valence-electron chi connectivity index (χ0n) is 16.6. The van der Waals surface area contributed by atoms with Gasteiger partial charge in [0.25, 0.3) is 0 Å². The van der Waals surface area contributed by atoms with Gasteiger partial charge in [-0.25, -0.2) is 4.39 Å². The van der Waals surface area contributed by atoms with Crippen molar-refractivity contribution in [2.24, 2.45) is 0 Å². The van der Waals surface area contributed by atoms with Gasteiger partial charge in [0.05, 0.1) is 25.1 Å². The Morgan fingerprint density at radius 3 is 2.68 bits per heavy atom. The monoisotopic (exact) mass is 454 g/mol. The van der Waals surface area contributed by atoms with E-state index < -0.39 is 0 Å². The fourth-order valence-corrected chi connectivity index (χ4v) is 4.47. The lowest BCUT2D eigenvalue weighted by Crippen LogP contribution is -2.31. The SMILES string of the molecule is COc1ccc(N(Cc2cccs2)C(=O)CSc2nncn2-c2ccccc2F)cc1. The first-order chi connectivity index (χ1) is 15.2. The van der Waals surface area contributed by atoms with E-state index in [-0.39, 0.29) is 17.5 Å². The van der Waals surface area contributed by atoms with Crippen LogP contribution in [-0.2, 0) is 11.3 Å². The van der Waals surface area contributed by atoms with Gasteiger partial charge in [0.1, 0.15) is 17.9 Å². The molecule has 158 valence electrons. The molecule has 2 aromatic heterocycles. The van der Waals surface area contributed by atoms with Crippen LogP contribution in [0.3, 0.4) is 0 Å². The second kappa shape index (κ2) is 9.76. The van der Waals surface area contributed by atoms with Crippen molar-refractivity contribution in [3.05, 3.63) is 83.1 Å². The molecule has 4 aromatic rings. The Morgan fingerprint density at radius 1 is 1.16 bits per heavy atom. The minimum atomic E-state index is -0.381. The van der Waals surface area contributed by atoms with Crippen LogP contribution in [0.25, 0.3) is 5.69 Å². The molecule has 1 amide bonds. The van der Waals surface area contributed by atoms with Crippen molar-refractivity contribution in [1.29, 1.82) is 0 Å². The second-order valence-electron chi connectivity index (χ2n) is 6.48. The number of methoxy groups -OCH3 is 1. The minimum absolute atomic E-state index is 0.0911. The minimum Gasteiger partial charge on any atom is -0.497 e. The van der Waals surface area contributed by atoms with Crippen LogP contribution < -0.4 is 9.64 Å². The quantitative estimate of drug-likeness (QED) is 0.358. The lowest BCUT2D eigenvalue weighted by Gasteiger charge is -2.22. The molecule has 0 aliphatic carbocycles. The fourth-order valence-electron chi connectivity index (χ4n) is 2.98. The third kappa shape index (κ3) is 4.95. The highest BCUT2D eigenvalue weighted by Crippen LogP contribution is 2.26. The molecular formula is C22H19FN4O2S2. The van der Waals surface area contributed by atoms with Crippen LogP contribution in [0.15, 0.2) is 77.5 Å². The summed E-state index contributed by atoms with van der Waals surface area (Å²) < 4.78 is 21.0. The van der Waals surface area contributed by atoms with E-state index in [1.807, 2.05) is 41.8 Å². The van der Waals surface area contributed by atoms with Crippen LogP contribution in [0.5, 0.6) is 5.75 Å². The Hall–Kier alpha value is -3.17. The van der Waals surface area contributed by atoms with Crippen LogP contribution in [0.1, 0.15) is 4.88 Å². The highest BCUT2D eigenvalue weighted by atomic mass is 32.2. The Balaban J connectivity index is 1.53. The molecule has 0 fully saturated rings. The number of rotatable bonds is 8. The number of thioether (sulfide) groups is 1. The van der Waals surface area contributed by atoms with E-state index in [1.165, 1.54) is 24.2 Å². The van der Waals surface area contributed by atoms with Crippen molar-refractivity contribution in [3.63, 3.8) is 0 Å². The van der Waals surface area contributed by atoms with Crippen molar-refractivity contribution in [1.82, 2.24) is 14.8 Å². The van der Waals surface area contributed by atoms with Gasteiger partial charge in [0, 0.05) is 10.6 Å².